The van der Waals surface area contributed by atoms with E-state index < -0.39 is 23.0 Å². The number of hydrogen-bond acceptors (Lipinski definition) is 3. The van der Waals surface area contributed by atoms with Gasteiger partial charge in [0.2, 0.25) is 0 Å². The van der Waals surface area contributed by atoms with Gasteiger partial charge in [0.25, 0.3) is 0 Å². The molecule has 6 heteroatoms. The largest absolute Gasteiger partial charge is 0.480 e. The Morgan fingerprint density at radius 2 is 2.00 bits per heavy atom. The van der Waals surface area contributed by atoms with E-state index in [9.17, 15) is 9.59 Å². The van der Waals surface area contributed by atoms with Crippen LogP contribution in [0, 0.1) is 0 Å². The smallest absolute Gasteiger partial charge is 0.409 e. The van der Waals surface area contributed by atoms with Crippen LogP contribution in [-0.4, -0.2) is 43.8 Å². The summed E-state index contributed by atoms with van der Waals surface area (Å²) < 4.78 is 0. The number of carboxylic acid groups (broad SMARTS) is 2. The van der Waals surface area contributed by atoms with Crippen molar-refractivity contribution in [2.24, 2.45) is 0 Å². The average molecular weight is 205 g/mol. The summed E-state index contributed by atoms with van der Waals surface area (Å²) >= 11 is 1.34. The van der Waals surface area contributed by atoms with E-state index in [1.54, 1.807) is 13.8 Å². The zero-order valence-corrected chi connectivity index (χ0v) is 8.17. The Hall–Kier alpha value is -0.910. The van der Waals surface area contributed by atoms with Crippen molar-refractivity contribution < 1.29 is 19.8 Å². The highest BCUT2D eigenvalue weighted by Gasteiger charge is 2.46. The monoisotopic (exact) mass is 205 g/mol. The van der Waals surface area contributed by atoms with E-state index in [0.717, 1.165) is 4.90 Å². The van der Waals surface area contributed by atoms with E-state index in [4.69, 9.17) is 10.2 Å². The molecule has 0 aromatic rings. The summed E-state index contributed by atoms with van der Waals surface area (Å²) in [5.41, 5.74) is 0. The topological polar surface area (TPSA) is 77.8 Å². The zero-order chi connectivity index (χ0) is 10.2. The summed E-state index contributed by atoms with van der Waals surface area (Å²) in [5, 5.41) is 17.6. The lowest BCUT2D eigenvalue weighted by Crippen LogP contribution is -2.49. The van der Waals surface area contributed by atoms with Gasteiger partial charge < -0.3 is 10.2 Å². The maximum Gasteiger partial charge on any atom is 0.409 e. The van der Waals surface area contributed by atoms with Crippen molar-refractivity contribution in [3.05, 3.63) is 0 Å². The molecule has 0 aromatic carbocycles. The molecule has 0 saturated carbocycles. The van der Waals surface area contributed by atoms with Gasteiger partial charge in [-0.1, -0.05) is 0 Å². The van der Waals surface area contributed by atoms with Crippen molar-refractivity contribution in [3.63, 3.8) is 0 Å². The Morgan fingerprint density at radius 3 is 2.31 bits per heavy atom. The molecule has 2 N–H and O–H groups in total. The number of nitrogens with zero attached hydrogens (tertiary/aromatic N) is 1. The molecule has 0 spiro atoms. The Kier molecular flexibility index (Phi) is 2.42. The molecule has 74 valence electrons. The van der Waals surface area contributed by atoms with Crippen molar-refractivity contribution in [2.45, 2.75) is 24.8 Å². The number of hydrogen-bond donors (Lipinski definition) is 2. The molecule has 0 bridgehead atoms. The van der Waals surface area contributed by atoms with Crippen LogP contribution in [0.5, 0.6) is 0 Å². The average Bonchev–Trinajstić information content (AvgIpc) is 2.24. The molecule has 5 nitrogen and oxygen atoms in total. The van der Waals surface area contributed by atoms with Crippen LogP contribution >= 0.6 is 11.8 Å². The quantitative estimate of drug-likeness (QED) is 0.665. The summed E-state index contributed by atoms with van der Waals surface area (Å²) in [7, 11) is 0. The second kappa shape index (κ2) is 3.10. The first-order chi connectivity index (χ1) is 5.86. The van der Waals surface area contributed by atoms with Crippen molar-refractivity contribution in [1.29, 1.82) is 0 Å². The van der Waals surface area contributed by atoms with Crippen LogP contribution in [-0.2, 0) is 4.79 Å². The second-order valence-electron chi connectivity index (χ2n) is 3.26. The predicted molar refractivity (Wildman–Crippen MR) is 47.8 cm³/mol. The van der Waals surface area contributed by atoms with Crippen LogP contribution in [0.4, 0.5) is 4.79 Å². The molecule has 1 aliphatic rings. The molecule has 0 aliphatic carbocycles. The maximum atomic E-state index is 10.8. The van der Waals surface area contributed by atoms with Crippen LogP contribution in [0.3, 0.4) is 0 Å². The molecule has 1 heterocycles. The zero-order valence-electron chi connectivity index (χ0n) is 7.35. The molecule has 1 saturated heterocycles. The standard InChI is InChI=1S/C7H11NO4S/c1-7(2)8(6(11)12)4(3-13-7)5(9)10/h4H,3H2,1-2H3,(H,9,10)(H,11,12). The van der Waals surface area contributed by atoms with Crippen LogP contribution in [0.25, 0.3) is 0 Å². The van der Waals surface area contributed by atoms with Gasteiger partial charge >= 0.3 is 12.1 Å². The molecule has 1 amide bonds. The summed E-state index contributed by atoms with van der Waals surface area (Å²) in [6.45, 7) is 3.41. The molecule has 0 aromatic heterocycles. The minimum absolute atomic E-state index is 0.314. The number of aliphatic carboxylic acids is 1. The predicted octanol–water partition coefficient (Wildman–Crippen LogP) is 0.903. The Bertz CT molecular complexity index is 253. The third-order valence-electron chi connectivity index (χ3n) is 1.98. The van der Waals surface area contributed by atoms with Crippen LogP contribution in [0.1, 0.15) is 13.8 Å². The third kappa shape index (κ3) is 1.72. The fourth-order valence-electron chi connectivity index (χ4n) is 1.35. The SMILES string of the molecule is CC1(C)SCC(C(=O)O)N1C(=O)O. The van der Waals surface area contributed by atoms with E-state index in [2.05, 4.69) is 0 Å². The van der Waals surface area contributed by atoms with E-state index >= 15 is 0 Å². The summed E-state index contributed by atoms with van der Waals surface area (Å²) in [4.78, 5) is 21.8. The molecule has 1 fully saturated rings. The van der Waals surface area contributed by atoms with E-state index in [1.165, 1.54) is 11.8 Å². The lowest BCUT2D eigenvalue weighted by molar-refractivity contribution is -0.142. The molecule has 1 unspecified atom stereocenters. The van der Waals surface area contributed by atoms with Gasteiger partial charge in [0.15, 0.2) is 0 Å². The Labute approximate surface area is 79.7 Å². The van der Waals surface area contributed by atoms with E-state index in [-0.39, 0.29) is 0 Å². The molecular formula is C7H11NO4S. The summed E-state index contributed by atoms with van der Waals surface area (Å²) in [5.74, 6) is -0.769. The highest BCUT2D eigenvalue weighted by Crippen LogP contribution is 2.38. The van der Waals surface area contributed by atoms with Gasteiger partial charge in [-0.05, 0) is 13.8 Å². The number of carbonyl (C=O) groups is 2. The summed E-state index contributed by atoms with van der Waals surface area (Å²) in [6.07, 6.45) is -1.18. The third-order valence-corrected chi connectivity index (χ3v) is 3.36. The van der Waals surface area contributed by atoms with Gasteiger partial charge in [-0.15, -0.1) is 11.8 Å². The minimum atomic E-state index is -1.18. The number of carboxylic acids is 1. The Balaban J connectivity index is 2.92. The Morgan fingerprint density at radius 1 is 1.46 bits per heavy atom. The van der Waals surface area contributed by atoms with Gasteiger partial charge in [-0.3, -0.25) is 4.90 Å². The van der Waals surface area contributed by atoms with Gasteiger partial charge in [0, 0.05) is 5.75 Å². The summed E-state index contributed by atoms with van der Waals surface area (Å²) in [6, 6.07) is -0.919. The van der Waals surface area contributed by atoms with Crippen molar-refractivity contribution in [3.8, 4) is 0 Å². The van der Waals surface area contributed by atoms with Crippen molar-refractivity contribution >= 4 is 23.8 Å². The molecule has 1 atom stereocenters. The van der Waals surface area contributed by atoms with Gasteiger partial charge in [0.05, 0.1) is 4.87 Å². The molecule has 13 heavy (non-hydrogen) atoms. The first-order valence-corrected chi connectivity index (χ1v) is 4.74. The van der Waals surface area contributed by atoms with E-state index in [0.29, 0.717) is 5.75 Å². The maximum absolute atomic E-state index is 10.8. The van der Waals surface area contributed by atoms with Gasteiger partial charge in [-0.2, -0.15) is 0 Å². The van der Waals surface area contributed by atoms with Crippen molar-refractivity contribution in [2.75, 3.05) is 5.75 Å². The number of rotatable bonds is 1. The fraction of sp³-hybridized carbons (Fsp3) is 0.714. The fourth-order valence-corrected chi connectivity index (χ4v) is 2.55. The van der Waals surface area contributed by atoms with Crippen LogP contribution in [0.2, 0.25) is 0 Å². The molecule has 1 rings (SSSR count). The number of amides is 1. The van der Waals surface area contributed by atoms with Gasteiger partial charge in [0.1, 0.15) is 6.04 Å². The molecular weight excluding hydrogens is 194 g/mol. The molecule has 1 aliphatic heterocycles. The minimum Gasteiger partial charge on any atom is -0.480 e. The highest BCUT2D eigenvalue weighted by atomic mass is 32.2. The van der Waals surface area contributed by atoms with Crippen molar-refractivity contribution in [1.82, 2.24) is 4.90 Å². The van der Waals surface area contributed by atoms with Gasteiger partial charge in [-0.25, -0.2) is 9.59 Å². The second-order valence-corrected chi connectivity index (χ2v) is 4.89. The molecule has 0 radical (unpaired) electrons. The lowest BCUT2D eigenvalue weighted by Gasteiger charge is -2.30. The first kappa shape index (κ1) is 10.2. The van der Waals surface area contributed by atoms with Crippen LogP contribution in [0.15, 0.2) is 0 Å². The number of thioether (sulfide) groups is 1. The van der Waals surface area contributed by atoms with E-state index in [1.807, 2.05) is 0 Å². The highest BCUT2D eigenvalue weighted by molar-refractivity contribution is 8.00. The van der Waals surface area contributed by atoms with Crippen LogP contribution < -0.4 is 0 Å². The lowest BCUT2D eigenvalue weighted by atomic mass is 10.2. The first-order valence-electron chi connectivity index (χ1n) is 3.75. The normalized spacial score (nSPS) is 26.0.